The lowest BCUT2D eigenvalue weighted by Gasteiger charge is -2.73. The largest absolute Gasteiger partial charge is 0.508 e. The first-order valence-electron chi connectivity index (χ1n) is 13.6. The fourth-order valence-corrected chi connectivity index (χ4v) is 5.59. The normalized spacial score (nSPS) is 25.2. The van der Waals surface area contributed by atoms with Crippen molar-refractivity contribution < 1.29 is 45.8 Å². The number of aliphatic imine (C=N–C) groups is 1. The number of alkyl halides is 6. The lowest BCUT2D eigenvalue weighted by Crippen LogP contribution is -2.77. The van der Waals surface area contributed by atoms with E-state index in [0.29, 0.717) is 6.42 Å². The molecular formula is C28H38F6N4O4. The van der Waals surface area contributed by atoms with Crippen LogP contribution in [0.5, 0.6) is 5.75 Å². The average molecular weight is 609 g/mol. The number of nitrogens with one attached hydrogen (secondary N) is 2. The molecule has 1 aliphatic heterocycles. The van der Waals surface area contributed by atoms with Crippen LogP contribution in [0.15, 0.2) is 29.3 Å². The van der Waals surface area contributed by atoms with Crippen LogP contribution in [0.1, 0.15) is 71.3 Å². The SMILES string of the molecule is CCCCC(F)(F)F.CN(Cc1ccc(O)cc1)C12CC(C3=N[C@@H](C(=O)NCCC(F)(F)F)C(C)(C)N3)(C1)C2.O=C=O. The standard InChI is InChI=1S/C22H29F3N4O2.C5H9F3.CO2/c1-19(2)16(17(31)26-9-8-22(23,24)25)27-18(28-19)20-11-21(12-20,13-20)29(3)10-14-4-6-15(30)7-5-14;1-2-3-4-5(6,7)8;2-1-3/h4-7,16,30H,8-13H2,1-3H3,(H,26,31)(H,27,28);2-4H2,1H3;/t16-,20?,21?;;/m0../s1. The first-order chi connectivity index (χ1) is 19.3. The molecule has 0 unspecified atom stereocenters. The van der Waals surface area contributed by atoms with Crippen molar-refractivity contribution in [2.24, 2.45) is 10.4 Å². The predicted molar refractivity (Wildman–Crippen MR) is 141 cm³/mol. The minimum absolute atomic E-state index is 0.0680. The number of phenolic OH excluding ortho intramolecular Hbond substituents is 1. The van der Waals surface area contributed by atoms with Crippen molar-refractivity contribution >= 4 is 17.9 Å². The summed E-state index contributed by atoms with van der Waals surface area (Å²) in [5, 5.41) is 15.2. The van der Waals surface area contributed by atoms with E-state index in [1.165, 1.54) is 0 Å². The van der Waals surface area contributed by atoms with E-state index in [4.69, 9.17) is 9.59 Å². The van der Waals surface area contributed by atoms with Gasteiger partial charge in [-0.25, -0.2) is 0 Å². The molecule has 1 amide bonds. The zero-order valence-electron chi connectivity index (χ0n) is 24.1. The van der Waals surface area contributed by atoms with Gasteiger partial charge in [-0.3, -0.25) is 14.7 Å². The van der Waals surface area contributed by atoms with Crippen LogP contribution in [0, 0.1) is 5.41 Å². The zero-order chi connectivity index (χ0) is 32.0. The first kappa shape index (κ1) is 35.1. The molecule has 3 aliphatic carbocycles. The van der Waals surface area contributed by atoms with E-state index >= 15 is 0 Å². The maximum Gasteiger partial charge on any atom is 0.390 e. The molecule has 8 nitrogen and oxygen atoms in total. The second kappa shape index (κ2) is 13.5. The van der Waals surface area contributed by atoms with Gasteiger partial charge in [0.25, 0.3) is 0 Å². The van der Waals surface area contributed by atoms with Crippen molar-refractivity contribution in [3.8, 4) is 5.75 Å². The van der Waals surface area contributed by atoms with Crippen LogP contribution in [0.25, 0.3) is 0 Å². The van der Waals surface area contributed by atoms with Crippen molar-refractivity contribution in [2.75, 3.05) is 13.6 Å². The molecule has 2 bridgehead atoms. The van der Waals surface area contributed by atoms with Gasteiger partial charge in [-0.1, -0.05) is 25.5 Å². The van der Waals surface area contributed by atoms with Gasteiger partial charge in [0, 0.05) is 30.5 Å². The van der Waals surface area contributed by atoms with Crippen molar-refractivity contribution in [1.29, 1.82) is 0 Å². The Morgan fingerprint density at radius 2 is 1.60 bits per heavy atom. The number of carbonyl (C=O) groups is 1. The van der Waals surface area contributed by atoms with Gasteiger partial charge >= 0.3 is 18.5 Å². The number of carbonyl (C=O) groups excluding carboxylic acids is 3. The smallest absolute Gasteiger partial charge is 0.390 e. The van der Waals surface area contributed by atoms with E-state index in [1.807, 2.05) is 26.0 Å². The van der Waals surface area contributed by atoms with E-state index in [1.54, 1.807) is 19.1 Å². The van der Waals surface area contributed by atoms with Crippen molar-refractivity contribution in [1.82, 2.24) is 15.5 Å². The molecule has 0 radical (unpaired) electrons. The van der Waals surface area contributed by atoms with Crippen LogP contribution in [-0.4, -0.2) is 71.0 Å². The number of amides is 1. The molecule has 3 saturated carbocycles. The molecule has 4 aliphatic rings. The molecule has 0 saturated heterocycles. The Labute approximate surface area is 240 Å². The lowest BCUT2D eigenvalue weighted by molar-refractivity contribution is -0.191. The highest BCUT2D eigenvalue weighted by atomic mass is 19.4. The monoisotopic (exact) mass is 608 g/mol. The number of phenols is 1. The Bertz CT molecular complexity index is 1110. The van der Waals surface area contributed by atoms with Crippen molar-refractivity contribution in [3.63, 3.8) is 0 Å². The number of nitrogens with zero attached hydrogens (tertiary/aromatic N) is 2. The number of aromatic hydroxyl groups is 1. The van der Waals surface area contributed by atoms with E-state index in [2.05, 4.69) is 27.6 Å². The maximum absolute atomic E-state index is 12.5. The molecule has 0 spiro atoms. The van der Waals surface area contributed by atoms with Crippen molar-refractivity contribution in [2.45, 2.75) is 102 Å². The number of unbranched alkanes of at least 4 members (excludes halogenated alkanes) is 1. The Balaban J connectivity index is 0.000000480. The van der Waals surface area contributed by atoms with Crippen LogP contribution in [-0.2, 0) is 20.9 Å². The molecule has 1 aromatic rings. The second-order valence-electron chi connectivity index (χ2n) is 11.7. The van der Waals surface area contributed by atoms with Gasteiger partial charge in [0.15, 0.2) is 6.04 Å². The summed E-state index contributed by atoms with van der Waals surface area (Å²) in [5.74, 6) is 0.594. The van der Waals surface area contributed by atoms with E-state index in [-0.39, 0.29) is 29.3 Å². The molecule has 5 rings (SSSR count). The minimum Gasteiger partial charge on any atom is -0.508 e. The van der Waals surface area contributed by atoms with Gasteiger partial charge in [0.1, 0.15) is 11.6 Å². The van der Waals surface area contributed by atoms with Crippen LogP contribution < -0.4 is 10.6 Å². The highest BCUT2D eigenvalue weighted by Gasteiger charge is 2.72. The third-order valence-electron chi connectivity index (χ3n) is 7.82. The minimum atomic E-state index is -4.29. The summed E-state index contributed by atoms with van der Waals surface area (Å²) in [4.78, 5) is 35.7. The quantitative estimate of drug-likeness (QED) is 0.336. The van der Waals surface area contributed by atoms with E-state index in [9.17, 15) is 36.2 Å². The zero-order valence-corrected chi connectivity index (χ0v) is 24.1. The number of benzene rings is 1. The predicted octanol–water partition coefficient (Wildman–Crippen LogP) is 5.12. The summed E-state index contributed by atoms with van der Waals surface area (Å²) in [5.41, 5.74) is 0.533. The molecule has 1 heterocycles. The number of hydrogen-bond acceptors (Lipinski definition) is 7. The van der Waals surface area contributed by atoms with Crippen LogP contribution in [0.2, 0.25) is 0 Å². The molecule has 1 aromatic carbocycles. The van der Waals surface area contributed by atoms with E-state index < -0.39 is 49.2 Å². The number of halogens is 6. The van der Waals surface area contributed by atoms with Gasteiger partial charge in [-0.05, 0) is 64.3 Å². The molecule has 14 heteroatoms. The topological polar surface area (TPSA) is 111 Å². The molecule has 3 N–H and O–H groups in total. The highest BCUT2D eigenvalue weighted by Crippen LogP contribution is 2.70. The summed E-state index contributed by atoms with van der Waals surface area (Å²) in [6.45, 7) is 5.80. The molecule has 236 valence electrons. The van der Waals surface area contributed by atoms with Gasteiger partial charge in [-0.2, -0.15) is 35.9 Å². The third kappa shape index (κ3) is 9.19. The fraction of sp³-hybridized carbons (Fsp3) is 0.679. The number of hydrogen-bond donors (Lipinski definition) is 3. The van der Waals surface area contributed by atoms with Gasteiger partial charge in [-0.15, -0.1) is 0 Å². The van der Waals surface area contributed by atoms with Gasteiger partial charge in [0.05, 0.1) is 12.0 Å². The van der Waals surface area contributed by atoms with E-state index in [0.717, 1.165) is 37.2 Å². The van der Waals surface area contributed by atoms with Crippen LogP contribution in [0.3, 0.4) is 0 Å². The second-order valence-corrected chi connectivity index (χ2v) is 11.7. The Morgan fingerprint density at radius 3 is 2.05 bits per heavy atom. The summed E-state index contributed by atoms with van der Waals surface area (Å²) >= 11 is 0. The number of amidine groups is 1. The lowest BCUT2D eigenvalue weighted by atomic mass is 9.38. The first-order valence-corrected chi connectivity index (χ1v) is 13.6. The third-order valence-corrected chi connectivity index (χ3v) is 7.82. The summed E-state index contributed by atoms with van der Waals surface area (Å²) in [6.07, 6.45) is -5.98. The maximum atomic E-state index is 12.5. The Morgan fingerprint density at radius 1 is 1.07 bits per heavy atom. The van der Waals surface area contributed by atoms with Gasteiger partial charge < -0.3 is 15.7 Å². The molecule has 0 aromatic heterocycles. The fourth-order valence-electron chi connectivity index (χ4n) is 5.59. The number of rotatable bonds is 9. The Hall–Kier alpha value is -3.12. The Kier molecular flexibility index (Phi) is 11.2. The average Bonchev–Trinajstić information content (AvgIpc) is 3.12. The summed E-state index contributed by atoms with van der Waals surface area (Å²) in [6, 6.07) is 6.47. The van der Waals surface area contributed by atoms with Crippen molar-refractivity contribution in [3.05, 3.63) is 29.8 Å². The molecule has 3 fully saturated rings. The van der Waals surface area contributed by atoms with Gasteiger partial charge in [0.2, 0.25) is 5.91 Å². The highest BCUT2D eigenvalue weighted by molar-refractivity contribution is 5.98. The molecular weight excluding hydrogens is 570 g/mol. The van der Waals surface area contributed by atoms with Crippen LogP contribution in [0.4, 0.5) is 26.3 Å². The molecule has 42 heavy (non-hydrogen) atoms. The summed E-state index contributed by atoms with van der Waals surface area (Å²) < 4.78 is 70.8. The summed E-state index contributed by atoms with van der Waals surface area (Å²) in [7, 11) is 2.10. The van der Waals surface area contributed by atoms with Crippen LogP contribution >= 0.6 is 0 Å². The molecule has 1 atom stereocenters.